The van der Waals surface area contributed by atoms with E-state index in [9.17, 15) is 9.18 Å². The largest absolute Gasteiger partial charge is 0.303 e. The van der Waals surface area contributed by atoms with Crippen molar-refractivity contribution in [3.63, 3.8) is 0 Å². The van der Waals surface area contributed by atoms with E-state index in [0.29, 0.717) is 0 Å². The van der Waals surface area contributed by atoms with E-state index >= 15 is 0 Å². The van der Waals surface area contributed by atoms with Crippen LogP contribution >= 0.6 is 15.9 Å². The number of anilines is 1. The maximum Gasteiger partial charge on any atom is 0.246 e. The van der Waals surface area contributed by atoms with Gasteiger partial charge in [0.05, 0.1) is 6.04 Å². The Balaban J connectivity index is 1.83. The van der Waals surface area contributed by atoms with Crippen LogP contribution in [0, 0.1) is 11.7 Å². The molecule has 1 amide bonds. The Bertz CT molecular complexity index is 782. The Morgan fingerprint density at radius 1 is 1.12 bits per heavy atom. The molecule has 2 aliphatic rings. The molecular formula is C18H17BrFN3O. The van der Waals surface area contributed by atoms with Crippen LogP contribution in [-0.2, 0) is 4.79 Å². The lowest BCUT2D eigenvalue weighted by Crippen LogP contribution is -2.42. The van der Waals surface area contributed by atoms with Crippen LogP contribution in [-0.4, -0.2) is 18.0 Å². The summed E-state index contributed by atoms with van der Waals surface area (Å²) in [7, 11) is 0. The van der Waals surface area contributed by atoms with E-state index in [0.717, 1.165) is 15.7 Å². The number of amides is 1. The molecule has 2 aliphatic heterocycles. The molecule has 0 radical (unpaired) electrons. The lowest BCUT2D eigenvalue weighted by molar-refractivity contribution is -0.119. The van der Waals surface area contributed by atoms with Crippen LogP contribution in [0.4, 0.5) is 10.1 Å². The minimum atomic E-state index is -0.308. The second-order valence-electron chi connectivity index (χ2n) is 6.32. The molecule has 4 rings (SSSR count). The summed E-state index contributed by atoms with van der Waals surface area (Å²) in [5.41, 5.74) is 7.88. The van der Waals surface area contributed by atoms with Crippen molar-refractivity contribution in [3.05, 3.63) is 64.4 Å². The molecule has 4 nitrogen and oxygen atoms in total. The van der Waals surface area contributed by atoms with E-state index in [-0.39, 0.29) is 35.8 Å². The zero-order chi connectivity index (χ0) is 16.8. The quantitative estimate of drug-likeness (QED) is 0.828. The molecule has 2 saturated heterocycles. The van der Waals surface area contributed by atoms with E-state index in [1.54, 1.807) is 11.0 Å². The van der Waals surface area contributed by atoms with Gasteiger partial charge in [-0.1, -0.05) is 28.1 Å². The first-order chi connectivity index (χ1) is 11.6. The van der Waals surface area contributed by atoms with E-state index in [4.69, 9.17) is 0 Å². The summed E-state index contributed by atoms with van der Waals surface area (Å²) in [6, 6.07) is 13.8. The Morgan fingerprint density at radius 2 is 1.88 bits per heavy atom. The Labute approximate surface area is 148 Å². The average molecular weight is 390 g/mol. The number of carbonyl (C=O) groups excluding carboxylic acids is 1. The van der Waals surface area contributed by atoms with Crippen molar-refractivity contribution in [2.75, 3.05) is 4.90 Å². The number of benzene rings is 2. The molecule has 4 unspecified atom stereocenters. The van der Waals surface area contributed by atoms with Gasteiger partial charge in [0.1, 0.15) is 11.9 Å². The highest BCUT2D eigenvalue weighted by Crippen LogP contribution is 2.44. The molecular weight excluding hydrogens is 373 g/mol. The topological polar surface area (TPSA) is 44.4 Å². The number of hydrazine groups is 1. The maximum atomic E-state index is 13.8. The summed E-state index contributed by atoms with van der Waals surface area (Å²) in [4.78, 5) is 14.8. The van der Waals surface area contributed by atoms with E-state index in [1.165, 1.54) is 12.1 Å². The number of halogens is 2. The fraction of sp³-hybridized carbons (Fsp3) is 0.278. The minimum Gasteiger partial charge on any atom is -0.303 e. The van der Waals surface area contributed by atoms with Gasteiger partial charge in [-0.25, -0.2) is 9.82 Å². The summed E-state index contributed by atoms with van der Waals surface area (Å²) < 4.78 is 14.8. The van der Waals surface area contributed by atoms with E-state index < -0.39 is 0 Å². The van der Waals surface area contributed by atoms with E-state index in [2.05, 4.69) is 26.8 Å². The van der Waals surface area contributed by atoms with Gasteiger partial charge in [0.25, 0.3) is 0 Å². The molecule has 0 aliphatic carbocycles. The first-order valence-corrected chi connectivity index (χ1v) is 8.71. The van der Waals surface area contributed by atoms with Gasteiger partial charge in [-0.15, -0.1) is 0 Å². The summed E-state index contributed by atoms with van der Waals surface area (Å²) in [5, 5.41) is 0. The van der Waals surface area contributed by atoms with Gasteiger partial charge in [-0.2, -0.15) is 0 Å². The van der Waals surface area contributed by atoms with Crippen molar-refractivity contribution >= 4 is 27.5 Å². The van der Waals surface area contributed by atoms with Gasteiger partial charge in [0.2, 0.25) is 5.91 Å². The maximum absolute atomic E-state index is 13.8. The predicted octanol–water partition coefficient (Wildman–Crippen LogP) is 3.16. The lowest BCUT2D eigenvalue weighted by Gasteiger charge is -2.30. The van der Waals surface area contributed by atoms with Crippen LogP contribution in [0.2, 0.25) is 0 Å². The highest BCUT2D eigenvalue weighted by Gasteiger charge is 2.54. The Morgan fingerprint density at radius 3 is 2.58 bits per heavy atom. The lowest BCUT2D eigenvalue weighted by atomic mass is 9.87. The fourth-order valence-electron chi connectivity index (χ4n) is 3.79. The summed E-state index contributed by atoms with van der Waals surface area (Å²) in [5.74, 6) is -0.248. The predicted molar refractivity (Wildman–Crippen MR) is 93.8 cm³/mol. The molecule has 0 spiro atoms. The first kappa shape index (κ1) is 15.7. The zero-order valence-electron chi connectivity index (χ0n) is 13.0. The molecule has 24 heavy (non-hydrogen) atoms. The van der Waals surface area contributed by atoms with Gasteiger partial charge in [-0.3, -0.25) is 10.2 Å². The number of fused-ring (bicyclic) bond motifs is 1. The summed E-state index contributed by atoms with van der Waals surface area (Å²) in [6.07, 6.45) is 0. The molecule has 2 aromatic carbocycles. The smallest absolute Gasteiger partial charge is 0.246 e. The third kappa shape index (κ3) is 2.46. The van der Waals surface area contributed by atoms with Crippen molar-refractivity contribution < 1.29 is 9.18 Å². The van der Waals surface area contributed by atoms with Crippen molar-refractivity contribution in [3.8, 4) is 0 Å². The molecule has 124 valence electrons. The van der Waals surface area contributed by atoms with Crippen LogP contribution in [0.5, 0.6) is 0 Å². The van der Waals surface area contributed by atoms with Gasteiger partial charge >= 0.3 is 0 Å². The second-order valence-corrected chi connectivity index (χ2v) is 7.23. The summed E-state index contributed by atoms with van der Waals surface area (Å²) >= 11 is 3.42. The van der Waals surface area contributed by atoms with E-state index in [1.807, 2.05) is 37.3 Å². The van der Waals surface area contributed by atoms with Crippen LogP contribution in [0.15, 0.2) is 53.0 Å². The highest BCUT2D eigenvalue weighted by molar-refractivity contribution is 9.10. The van der Waals surface area contributed by atoms with Gasteiger partial charge < -0.3 is 4.90 Å². The number of hydrogen-bond acceptors (Lipinski definition) is 3. The number of rotatable bonds is 2. The third-order valence-electron chi connectivity index (χ3n) is 4.87. The normalized spacial score (nSPS) is 29.1. The van der Waals surface area contributed by atoms with Crippen LogP contribution < -0.4 is 15.8 Å². The molecule has 0 bridgehead atoms. The van der Waals surface area contributed by atoms with Crippen molar-refractivity contribution in [1.29, 1.82) is 0 Å². The molecule has 2 aromatic rings. The monoisotopic (exact) mass is 389 g/mol. The molecule has 2 heterocycles. The zero-order valence-corrected chi connectivity index (χ0v) is 14.6. The fourth-order valence-corrected chi connectivity index (χ4v) is 4.06. The van der Waals surface area contributed by atoms with Crippen LogP contribution in [0.1, 0.15) is 18.5 Å². The molecule has 0 saturated carbocycles. The SMILES string of the molecule is CC1NNC2C(=O)N(c3ccc(Br)cc3)C(c3cccc(F)c3)C12. The molecule has 6 heteroatoms. The van der Waals surface area contributed by atoms with Gasteiger partial charge in [-0.05, 0) is 48.9 Å². The van der Waals surface area contributed by atoms with Crippen LogP contribution in [0.3, 0.4) is 0 Å². The Hall–Kier alpha value is -1.76. The number of nitrogens with one attached hydrogen (secondary N) is 2. The molecule has 2 N–H and O–H groups in total. The second kappa shape index (κ2) is 5.95. The highest BCUT2D eigenvalue weighted by atomic mass is 79.9. The van der Waals surface area contributed by atoms with Gasteiger partial charge in [0, 0.05) is 22.1 Å². The van der Waals surface area contributed by atoms with Crippen molar-refractivity contribution in [2.24, 2.45) is 5.92 Å². The first-order valence-electron chi connectivity index (χ1n) is 7.91. The molecule has 0 aromatic heterocycles. The summed E-state index contributed by atoms with van der Waals surface area (Å²) in [6.45, 7) is 2.04. The number of nitrogens with zero attached hydrogens (tertiary/aromatic N) is 1. The minimum absolute atomic E-state index is 0.00781. The molecule has 2 fully saturated rings. The molecule has 4 atom stereocenters. The van der Waals surface area contributed by atoms with Crippen molar-refractivity contribution in [2.45, 2.75) is 25.0 Å². The standard InChI is InChI=1S/C18H17BrFN3O/c1-10-15-16(22-21-10)18(24)23(14-7-5-12(19)6-8-14)17(15)11-3-2-4-13(20)9-11/h2-10,15-17,21-22H,1H3. The number of carbonyl (C=O) groups is 1. The number of hydrogen-bond donors (Lipinski definition) is 2. The average Bonchev–Trinajstić information content (AvgIpc) is 3.07. The van der Waals surface area contributed by atoms with Crippen molar-refractivity contribution in [1.82, 2.24) is 10.9 Å². The third-order valence-corrected chi connectivity index (χ3v) is 5.40. The van der Waals surface area contributed by atoms with Crippen LogP contribution in [0.25, 0.3) is 0 Å². The Kier molecular flexibility index (Phi) is 3.90. The van der Waals surface area contributed by atoms with Gasteiger partial charge in [0.15, 0.2) is 0 Å².